The number of halogens is 1. The Morgan fingerprint density at radius 2 is 2.11 bits per heavy atom. The van der Waals surface area contributed by atoms with E-state index in [1.807, 2.05) is 19.9 Å². The summed E-state index contributed by atoms with van der Waals surface area (Å²) in [5.74, 6) is 0. The van der Waals surface area contributed by atoms with Crippen LogP contribution >= 0.6 is 15.9 Å². The number of aryl methyl sites for hydroxylation is 2. The molecule has 0 aliphatic carbocycles. The summed E-state index contributed by atoms with van der Waals surface area (Å²) in [5, 5.41) is 0. The quantitative estimate of drug-likeness (QED) is 0.580. The van der Waals surface area contributed by atoms with E-state index in [9.17, 15) is 0 Å². The molecule has 0 aliphatic rings. The van der Waals surface area contributed by atoms with Crippen LogP contribution < -0.4 is 0 Å². The second kappa shape index (κ2) is 2.53. The van der Waals surface area contributed by atoms with Gasteiger partial charge >= 0.3 is 0 Å². The molecule has 0 fully saturated rings. The summed E-state index contributed by atoms with van der Waals surface area (Å²) >= 11 is 3.34. The van der Waals surface area contributed by atoms with Crippen LogP contribution in [0.1, 0.15) is 11.1 Å². The average Bonchev–Trinajstić information content (AvgIpc) is 1.80. The van der Waals surface area contributed by atoms with Gasteiger partial charge in [-0.3, -0.25) is 0 Å². The number of rotatable bonds is 0. The van der Waals surface area contributed by atoms with Gasteiger partial charge in [-0.1, -0.05) is 0 Å². The Morgan fingerprint density at radius 1 is 1.44 bits per heavy atom. The fourth-order valence-electron chi connectivity index (χ4n) is 0.667. The third-order valence-corrected chi connectivity index (χ3v) is 1.95. The van der Waals surface area contributed by atoms with Crippen molar-refractivity contribution >= 4 is 15.9 Å². The molecule has 1 aromatic rings. The molecule has 1 rings (SSSR count). The average molecular weight is 183 g/mol. The van der Waals surface area contributed by atoms with Crippen LogP contribution in [0.25, 0.3) is 0 Å². The number of hydrogen-bond acceptors (Lipinski definition) is 0. The maximum Gasteiger partial charge on any atom is 0.0289 e. The zero-order valence-corrected chi connectivity index (χ0v) is 7.04. The predicted octanol–water partition coefficient (Wildman–Crippen LogP) is 2.67. The van der Waals surface area contributed by atoms with Crippen molar-refractivity contribution in [2.75, 3.05) is 0 Å². The van der Waals surface area contributed by atoms with Gasteiger partial charge in [0.15, 0.2) is 0 Å². The van der Waals surface area contributed by atoms with Crippen molar-refractivity contribution in [2.24, 2.45) is 0 Å². The largest absolute Gasteiger partial charge is 0.0498 e. The van der Waals surface area contributed by atoms with Gasteiger partial charge in [-0.2, -0.15) is 0 Å². The molecule has 0 unspecified atom stereocenters. The first-order chi connectivity index (χ1) is 4.20. The summed E-state index contributed by atoms with van der Waals surface area (Å²) < 4.78 is 1.01. The van der Waals surface area contributed by atoms with E-state index < -0.39 is 0 Å². The van der Waals surface area contributed by atoms with Gasteiger partial charge in [-0.25, -0.2) is 0 Å². The lowest BCUT2D eigenvalue weighted by atomic mass is 10.2. The van der Waals surface area contributed by atoms with Gasteiger partial charge in [0.05, 0.1) is 0 Å². The first-order valence-corrected chi connectivity index (χ1v) is 3.56. The Morgan fingerprint density at radius 3 is 2.56 bits per heavy atom. The standard InChI is InChI=1S/C8H7Br/c1-6-3-4-8(9)7(2)5-6/h3H,1-2H3. The second-order valence-corrected chi connectivity index (χ2v) is 2.83. The van der Waals surface area contributed by atoms with Crippen molar-refractivity contribution in [3.8, 4) is 0 Å². The molecular formula is C8H7Br. The molecule has 0 N–H and O–H groups in total. The molecule has 0 aromatic heterocycles. The van der Waals surface area contributed by atoms with Crippen LogP contribution in [0.2, 0.25) is 0 Å². The van der Waals surface area contributed by atoms with Crippen molar-refractivity contribution in [3.05, 3.63) is 33.8 Å². The van der Waals surface area contributed by atoms with Crippen LogP contribution in [-0.2, 0) is 0 Å². The molecule has 1 aromatic carbocycles. The lowest BCUT2D eigenvalue weighted by molar-refractivity contribution is 1.34. The van der Waals surface area contributed by atoms with Gasteiger partial charge in [-0.05, 0) is 59.1 Å². The first kappa shape index (κ1) is 6.81. The van der Waals surface area contributed by atoms with E-state index in [1.165, 1.54) is 0 Å². The molecule has 0 spiro atoms. The molecule has 0 atom stereocenters. The van der Waals surface area contributed by atoms with Crippen molar-refractivity contribution in [1.82, 2.24) is 0 Å². The van der Waals surface area contributed by atoms with Crippen LogP contribution in [0, 0.1) is 26.0 Å². The van der Waals surface area contributed by atoms with E-state index >= 15 is 0 Å². The Labute approximate surface area is 64.0 Å². The maximum atomic E-state index is 3.34. The molecular weight excluding hydrogens is 176 g/mol. The topological polar surface area (TPSA) is 0 Å². The second-order valence-electron chi connectivity index (χ2n) is 2.04. The summed E-state index contributed by atoms with van der Waals surface area (Å²) in [7, 11) is 0. The van der Waals surface area contributed by atoms with Crippen molar-refractivity contribution in [2.45, 2.75) is 13.8 Å². The van der Waals surface area contributed by atoms with Gasteiger partial charge < -0.3 is 0 Å². The van der Waals surface area contributed by atoms with Crippen LogP contribution in [0.3, 0.4) is 0 Å². The Hall–Kier alpha value is -0.300. The van der Waals surface area contributed by atoms with E-state index in [4.69, 9.17) is 0 Å². The van der Waals surface area contributed by atoms with Gasteiger partial charge in [-0.15, -0.1) is 0 Å². The van der Waals surface area contributed by atoms with Crippen molar-refractivity contribution in [1.29, 1.82) is 0 Å². The Kier molecular flexibility index (Phi) is 1.91. The summed E-state index contributed by atoms with van der Waals surface area (Å²) in [6.07, 6.45) is 0. The molecule has 0 aliphatic heterocycles. The van der Waals surface area contributed by atoms with E-state index in [2.05, 4.69) is 28.1 Å². The van der Waals surface area contributed by atoms with Gasteiger partial charge in [0.1, 0.15) is 0 Å². The highest BCUT2D eigenvalue weighted by molar-refractivity contribution is 9.10. The minimum absolute atomic E-state index is 1.01. The predicted molar refractivity (Wildman–Crippen MR) is 41.3 cm³/mol. The van der Waals surface area contributed by atoms with E-state index in [1.54, 1.807) is 0 Å². The summed E-state index contributed by atoms with van der Waals surface area (Å²) in [5.41, 5.74) is 2.26. The molecule has 1 heteroatoms. The molecule has 0 saturated heterocycles. The molecule has 0 heterocycles. The number of hydrogen-bond donors (Lipinski definition) is 0. The Bertz CT molecular complexity index is 216. The summed E-state index contributed by atoms with van der Waals surface area (Å²) in [6.45, 7) is 4.02. The molecule has 0 amide bonds. The van der Waals surface area contributed by atoms with Crippen molar-refractivity contribution in [3.63, 3.8) is 0 Å². The molecule has 0 nitrogen and oxygen atoms in total. The fourth-order valence-corrected chi connectivity index (χ4v) is 0.880. The van der Waals surface area contributed by atoms with Gasteiger partial charge in [0.2, 0.25) is 0 Å². The summed E-state index contributed by atoms with van der Waals surface area (Å²) in [6, 6.07) is 8.13. The van der Waals surface area contributed by atoms with E-state index in [0.29, 0.717) is 0 Å². The van der Waals surface area contributed by atoms with Gasteiger partial charge in [0.25, 0.3) is 0 Å². The third-order valence-electron chi connectivity index (χ3n) is 1.13. The van der Waals surface area contributed by atoms with E-state index in [-0.39, 0.29) is 0 Å². The minimum atomic E-state index is 1.01. The first-order valence-electron chi connectivity index (χ1n) is 2.77. The molecule has 0 saturated carbocycles. The van der Waals surface area contributed by atoms with Crippen LogP contribution in [0.15, 0.2) is 10.5 Å². The zero-order valence-electron chi connectivity index (χ0n) is 5.46. The zero-order chi connectivity index (χ0) is 6.85. The van der Waals surface area contributed by atoms with Crippen LogP contribution in [0.4, 0.5) is 0 Å². The van der Waals surface area contributed by atoms with E-state index in [0.717, 1.165) is 15.6 Å². The van der Waals surface area contributed by atoms with Gasteiger partial charge in [0, 0.05) is 4.47 Å². The fraction of sp³-hybridized carbons (Fsp3) is 0.250. The lowest BCUT2D eigenvalue weighted by Crippen LogP contribution is -1.77. The summed E-state index contributed by atoms with van der Waals surface area (Å²) in [4.78, 5) is 0. The van der Waals surface area contributed by atoms with Crippen molar-refractivity contribution < 1.29 is 0 Å². The van der Waals surface area contributed by atoms with Crippen LogP contribution in [0.5, 0.6) is 0 Å². The van der Waals surface area contributed by atoms with Crippen LogP contribution in [-0.4, -0.2) is 0 Å². The molecule has 46 valence electrons. The highest BCUT2D eigenvalue weighted by Crippen LogP contribution is 2.14. The number of benzene rings is 1. The highest BCUT2D eigenvalue weighted by Gasteiger charge is 1.92. The third kappa shape index (κ3) is 1.55. The highest BCUT2D eigenvalue weighted by atomic mass is 79.9. The molecule has 0 bridgehead atoms. The lowest BCUT2D eigenvalue weighted by Gasteiger charge is -1.95. The SMILES string of the molecule is Cc1[c]c(C)c(Br)[c]c1. The smallest absolute Gasteiger partial charge is 0.0289 e. The minimum Gasteiger partial charge on any atom is -0.0498 e. The normalized spacial score (nSPS) is 9.67. The molecule has 2 radical (unpaired) electrons. The maximum absolute atomic E-state index is 3.34. The molecule has 9 heavy (non-hydrogen) atoms. The monoisotopic (exact) mass is 182 g/mol. The Balaban J connectivity index is 3.17.